The summed E-state index contributed by atoms with van der Waals surface area (Å²) in [6.07, 6.45) is 0. The fourth-order valence-corrected chi connectivity index (χ4v) is 4.93. The number of sulfonamides is 1. The predicted molar refractivity (Wildman–Crippen MR) is 110 cm³/mol. The molecule has 0 spiro atoms. The average molecular weight is 422 g/mol. The van der Waals surface area contributed by atoms with Crippen molar-refractivity contribution in [2.75, 3.05) is 19.4 Å². The minimum Gasteiger partial charge on any atom is -0.320 e. The SMILES string of the molecule is Cc1cc(S(=O)(=O)N(C)C)cc(NC(=O)c2csc(-c3ccsc3)n2)c1C. The molecule has 0 aliphatic heterocycles. The van der Waals surface area contributed by atoms with E-state index in [4.69, 9.17) is 0 Å². The molecule has 142 valence electrons. The van der Waals surface area contributed by atoms with Crippen LogP contribution < -0.4 is 5.32 Å². The van der Waals surface area contributed by atoms with Crippen molar-refractivity contribution >= 4 is 44.3 Å². The Bertz CT molecular complexity index is 1080. The molecular weight excluding hydrogens is 402 g/mol. The van der Waals surface area contributed by atoms with Crippen molar-refractivity contribution < 1.29 is 13.2 Å². The topological polar surface area (TPSA) is 79.4 Å². The Labute approximate surface area is 166 Å². The number of nitrogens with one attached hydrogen (secondary N) is 1. The molecule has 0 atom stereocenters. The van der Waals surface area contributed by atoms with Gasteiger partial charge in [0.15, 0.2) is 0 Å². The number of rotatable bonds is 5. The molecule has 6 nitrogen and oxygen atoms in total. The number of nitrogens with zero attached hydrogens (tertiary/aromatic N) is 2. The Morgan fingerprint density at radius 1 is 1.19 bits per heavy atom. The zero-order valence-electron chi connectivity index (χ0n) is 15.3. The molecule has 0 fully saturated rings. The monoisotopic (exact) mass is 421 g/mol. The molecule has 0 aliphatic rings. The third-order valence-corrected chi connectivity index (χ3v) is 7.54. The molecule has 0 saturated heterocycles. The van der Waals surface area contributed by atoms with E-state index in [9.17, 15) is 13.2 Å². The van der Waals surface area contributed by atoms with Crippen LogP contribution >= 0.6 is 22.7 Å². The Kier molecular flexibility index (Phi) is 5.48. The van der Waals surface area contributed by atoms with Gasteiger partial charge in [0.05, 0.1) is 4.90 Å². The van der Waals surface area contributed by atoms with Crippen LogP contribution in [-0.4, -0.2) is 37.7 Å². The van der Waals surface area contributed by atoms with Gasteiger partial charge in [0.1, 0.15) is 10.7 Å². The number of benzene rings is 1. The van der Waals surface area contributed by atoms with E-state index in [-0.39, 0.29) is 10.8 Å². The molecule has 3 aromatic rings. The second-order valence-corrected chi connectivity index (χ2v) is 9.99. The summed E-state index contributed by atoms with van der Waals surface area (Å²) in [6.45, 7) is 3.66. The van der Waals surface area contributed by atoms with E-state index in [1.54, 1.807) is 22.8 Å². The Balaban J connectivity index is 1.91. The molecule has 0 saturated carbocycles. The van der Waals surface area contributed by atoms with Crippen LogP contribution in [0, 0.1) is 13.8 Å². The van der Waals surface area contributed by atoms with Gasteiger partial charge in [-0.15, -0.1) is 11.3 Å². The summed E-state index contributed by atoms with van der Waals surface area (Å²) >= 11 is 2.97. The summed E-state index contributed by atoms with van der Waals surface area (Å²) in [4.78, 5) is 17.2. The zero-order chi connectivity index (χ0) is 19.8. The Morgan fingerprint density at radius 3 is 2.56 bits per heavy atom. The van der Waals surface area contributed by atoms with Crippen LogP contribution in [0.2, 0.25) is 0 Å². The van der Waals surface area contributed by atoms with Crippen molar-refractivity contribution in [1.29, 1.82) is 0 Å². The highest BCUT2D eigenvalue weighted by atomic mass is 32.2. The summed E-state index contributed by atoms with van der Waals surface area (Å²) in [6, 6.07) is 5.05. The molecule has 9 heteroatoms. The van der Waals surface area contributed by atoms with Crippen LogP contribution in [0.4, 0.5) is 5.69 Å². The molecule has 0 aliphatic carbocycles. The van der Waals surface area contributed by atoms with Gasteiger partial charge in [-0.3, -0.25) is 4.79 Å². The van der Waals surface area contributed by atoms with Crippen molar-refractivity contribution in [1.82, 2.24) is 9.29 Å². The Hall–Kier alpha value is -2.07. The molecule has 1 aromatic carbocycles. The summed E-state index contributed by atoms with van der Waals surface area (Å²) in [5.74, 6) is -0.366. The molecule has 27 heavy (non-hydrogen) atoms. The smallest absolute Gasteiger partial charge is 0.275 e. The molecule has 1 amide bonds. The van der Waals surface area contributed by atoms with Gasteiger partial charge < -0.3 is 5.32 Å². The number of carbonyl (C=O) groups is 1. The van der Waals surface area contributed by atoms with Gasteiger partial charge in [0.2, 0.25) is 10.0 Å². The van der Waals surface area contributed by atoms with E-state index >= 15 is 0 Å². The molecule has 1 N–H and O–H groups in total. The normalized spacial score (nSPS) is 11.7. The van der Waals surface area contributed by atoms with Crippen molar-refractivity contribution in [2.45, 2.75) is 18.7 Å². The van der Waals surface area contributed by atoms with Gasteiger partial charge in [-0.05, 0) is 48.6 Å². The highest BCUT2D eigenvalue weighted by Gasteiger charge is 2.21. The van der Waals surface area contributed by atoms with Gasteiger partial charge in [-0.25, -0.2) is 17.7 Å². The third kappa shape index (κ3) is 3.96. The first-order valence-electron chi connectivity index (χ1n) is 8.03. The van der Waals surface area contributed by atoms with E-state index in [0.717, 1.165) is 26.0 Å². The summed E-state index contributed by atoms with van der Waals surface area (Å²) < 4.78 is 26.0. The maximum atomic E-state index is 12.6. The number of thiophene rings is 1. The van der Waals surface area contributed by atoms with E-state index < -0.39 is 10.0 Å². The third-order valence-electron chi connectivity index (χ3n) is 4.17. The Morgan fingerprint density at radius 2 is 1.93 bits per heavy atom. The molecule has 3 rings (SSSR count). The second-order valence-electron chi connectivity index (χ2n) is 6.20. The minimum atomic E-state index is -3.59. The lowest BCUT2D eigenvalue weighted by molar-refractivity contribution is 0.102. The summed E-state index contributed by atoms with van der Waals surface area (Å²) in [5.41, 5.74) is 3.35. The minimum absolute atomic E-state index is 0.142. The number of hydrogen-bond acceptors (Lipinski definition) is 6. The van der Waals surface area contributed by atoms with Gasteiger partial charge >= 0.3 is 0 Å². The lowest BCUT2D eigenvalue weighted by Crippen LogP contribution is -2.23. The number of carbonyl (C=O) groups excluding carboxylic acids is 1. The quantitative estimate of drug-likeness (QED) is 0.675. The number of thiazole rings is 1. The summed E-state index contributed by atoms with van der Waals surface area (Å²) in [7, 11) is -0.643. The number of aromatic nitrogens is 1. The van der Waals surface area contributed by atoms with E-state index in [0.29, 0.717) is 11.4 Å². The maximum Gasteiger partial charge on any atom is 0.275 e. The average Bonchev–Trinajstić information content (AvgIpc) is 3.29. The van der Waals surface area contributed by atoms with Gasteiger partial charge in [-0.2, -0.15) is 11.3 Å². The molecular formula is C18H19N3O3S3. The predicted octanol–water partition coefficient (Wildman–Crippen LogP) is 3.99. The zero-order valence-corrected chi connectivity index (χ0v) is 17.8. The van der Waals surface area contributed by atoms with Crippen LogP contribution in [0.25, 0.3) is 10.6 Å². The maximum absolute atomic E-state index is 12.6. The molecule has 2 heterocycles. The first kappa shape index (κ1) is 19.7. The lowest BCUT2D eigenvalue weighted by atomic mass is 10.1. The number of hydrogen-bond donors (Lipinski definition) is 1. The van der Waals surface area contributed by atoms with E-state index in [1.807, 2.05) is 30.7 Å². The number of amides is 1. The highest BCUT2D eigenvalue weighted by molar-refractivity contribution is 7.89. The first-order valence-corrected chi connectivity index (χ1v) is 11.3. The second kappa shape index (κ2) is 7.51. The fraction of sp³-hybridized carbons (Fsp3) is 0.222. The summed E-state index contributed by atoms with van der Waals surface area (Å²) in [5, 5.41) is 9.21. The van der Waals surface area contributed by atoms with Crippen molar-refractivity contribution in [3.63, 3.8) is 0 Å². The van der Waals surface area contributed by atoms with Crippen LogP contribution in [0.5, 0.6) is 0 Å². The van der Waals surface area contributed by atoms with Crippen LogP contribution in [0.15, 0.2) is 39.2 Å². The van der Waals surface area contributed by atoms with Crippen LogP contribution in [0.1, 0.15) is 21.6 Å². The molecule has 2 aromatic heterocycles. The largest absolute Gasteiger partial charge is 0.320 e. The first-order chi connectivity index (χ1) is 12.7. The van der Waals surface area contributed by atoms with Gasteiger partial charge in [0, 0.05) is 36.1 Å². The van der Waals surface area contributed by atoms with Crippen molar-refractivity contribution in [3.05, 3.63) is 51.2 Å². The van der Waals surface area contributed by atoms with Crippen LogP contribution in [-0.2, 0) is 10.0 Å². The molecule has 0 unspecified atom stereocenters. The van der Waals surface area contributed by atoms with Gasteiger partial charge in [-0.1, -0.05) is 0 Å². The van der Waals surface area contributed by atoms with Crippen molar-refractivity contribution in [2.24, 2.45) is 0 Å². The van der Waals surface area contributed by atoms with Gasteiger partial charge in [0.25, 0.3) is 5.91 Å². The van der Waals surface area contributed by atoms with E-state index in [2.05, 4.69) is 10.3 Å². The fourth-order valence-electron chi connectivity index (χ4n) is 2.40. The number of anilines is 1. The van der Waals surface area contributed by atoms with Crippen LogP contribution in [0.3, 0.4) is 0 Å². The van der Waals surface area contributed by atoms with E-state index in [1.165, 1.54) is 31.5 Å². The standard InChI is InChI=1S/C18H19N3O3S3/c1-11-7-14(27(23,24)21(3)4)8-15(12(11)2)19-17(22)16-10-26-18(20-16)13-5-6-25-9-13/h5-10H,1-4H3,(H,19,22). The molecule has 0 radical (unpaired) electrons. The number of aryl methyl sites for hydroxylation is 1. The molecule has 0 bridgehead atoms. The van der Waals surface area contributed by atoms with Crippen molar-refractivity contribution in [3.8, 4) is 10.6 Å². The highest BCUT2D eigenvalue weighted by Crippen LogP contribution is 2.28. The lowest BCUT2D eigenvalue weighted by Gasteiger charge is -2.16.